The highest BCUT2D eigenvalue weighted by Gasteiger charge is 2.50. The molecule has 0 N–H and O–H groups in total. The molecule has 2 aromatic rings. The highest BCUT2D eigenvalue weighted by atomic mass is 35.5. The summed E-state index contributed by atoms with van der Waals surface area (Å²) in [4.78, 5) is 16.8. The van der Waals surface area contributed by atoms with Crippen LogP contribution in [0.5, 0.6) is 0 Å². The Balaban J connectivity index is 1.56. The normalized spacial score (nSPS) is 25.0. The maximum absolute atomic E-state index is 12.7. The SMILES string of the molecule is O=C1[C@@H]2C[C@@H](CN2Cc2ccoc2)N1c1ccccc1Cl. The first kappa shape index (κ1) is 12.9. The summed E-state index contributed by atoms with van der Waals surface area (Å²) >= 11 is 6.24. The molecule has 2 atom stereocenters. The van der Waals surface area contributed by atoms with Crippen molar-refractivity contribution in [1.82, 2.24) is 4.90 Å². The predicted molar refractivity (Wildman–Crippen MR) is 80.2 cm³/mol. The van der Waals surface area contributed by atoms with Gasteiger partial charge in [-0.15, -0.1) is 0 Å². The third kappa shape index (κ3) is 2.06. The molecule has 2 fully saturated rings. The van der Waals surface area contributed by atoms with Crippen molar-refractivity contribution in [3.63, 3.8) is 0 Å². The Bertz CT molecular complexity index is 671. The maximum atomic E-state index is 12.7. The number of hydrogen-bond acceptors (Lipinski definition) is 3. The van der Waals surface area contributed by atoms with Crippen LogP contribution in [-0.2, 0) is 11.3 Å². The lowest BCUT2D eigenvalue weighted by molar-refractivity contribution is -0.122. The number of carbonyl (C=O) groups is 1. The zero-order valence-electron chi connectivity index (χ0n) is 11.4. The fraction of sp³-hybridized carbons (Fsp3) is 0.312. The van der Waals surface area contributed by atoms with E-state index in [2.05, 4.69) is 4.90 Å². The number of likely N-dealkylation sites (tertiary alicyclic amines) is 1. The second-order valence-electron chi connectivity index (χ2n) is 5.63. The summed E-state index contributed by atoms with van der Waals surface area (Å²) in [5.74, 6) is 0.155. The number of nitrogens with zero attached hydrogens (tertiary/aromatic N) is 2. The largest absolute Gasteiger partial charge is 0.472 e. The number of benzene rings is 1. The molecule has 0 unspecified atom stereocenters. The Kier molecular flexibility index (Phi) is 3.01. The van der Waals surface area contributed by atoms with Gasteiger partial charge in [-0.1, -0.05) is 23.7 Å². The van der Waals surface area contributed by atoms with Gasteiger partial charge in [0.15, 0.2) is 0 Å². The lowest BCUT2D eigenvalue weighted by atomic mass is 10.2. The molecular formula is C16H15ClN2O2. The molecule has 1 aromatic carbocycles. The number of fused-ring (bicyclic) bond motifs is 2. The van der Waals surface area contributed by atoms with Crippen LogP contribution >= 0.6 is 11.6 Å². The quantitative estimate of drug-likeness (QED) is 0.875. The number of hydrogen-bond donors (Lipinski definition) is 0. The first-order valence-electron chi connectivity index (χ1n) is 7.07. The summed E-state index contributed by atoms with van der Waals surface area (Å²) in [6.45, 7) is 1.65. The topological polar surface area (TPSA) is 36.7 Å². The molecular weight excluding hydrogens is 288 g/mol. The van der Waals surface area contributed by atoms with Crippen LogP contribution in [0.15, 0.2) is 47.3 Å². The number of rotatable bonds is 3. The molecule has 21 heavy (non-hydrogen) atoms. The van der Waals surface area contributed by atoms with Crippen LogP contribution in [0.2, 0.25) is 5.02 Å². The Morgan fingerprint density at radius 1 is 1.29 bits per heavy atom. The third-order valence-electron chi connectivity index (χ3n) is 4.35. The van der Waals surface area contributed by atoms with Crippen molar-refractivity contribution in [2.24, 2.45) is 0 Å². The number of carbonyl (C=O) groups excluding carboxylic acids is 1. The third-order valence-corrected chi connectivity index (χ3v) is 4.67. The summed E-state index contributed by atoms with van der Waals surface area (Å²) in [5.41, 5.74) is 1.94. The molecule has 0 spiro atoms. The van der Waals surface area contributed by atoms with Gasteiger partial charge in [0.2, 0.25) is 5.91 Å². The van der Waals surface area contributed by atoms with Gasteiger partial charge in [0, 0.05) is 18.7 Å². The second kappa shape index (κ2) is 4.90. The minimum absolute atomic E-state index is 0.0406. The van der Waals surface area contributed by atoms with Crippen LogP contribution < -0.4 is 4.90 Å². The highest BCUT2D eigenvalue weighted by Crippen LogP contribution is 2.39. The van der Waals surface area contributed by atoms with Crippen molar-refractivity contribution in [3.05, 3.63) is 53.4 Å². The Labute approximate surface area is 127 Å². The number of para-hydroxylation sites is 1. The van der Waals surface area contributed by atoms with Crippen LogP contribution in [0.4, 0.5) is 5.69 Å². The smallest absolute Gasteiger partial charge is 0.244 e. The van der Waals surface area contributed by atoms with Crippen LogP contribution in [0.3, 0.4) is 0 Å². The van der Waals surface area contributed by atoms with Gasteiger partial charge in [0.1, 0.15) is 0 Å². The van der Waals surface area contributed by atoms with E-state index in [-0.39, 0.29) is 18.0 Å². The van der Waals surface area contributed by atoms with E-state index in [4.69, 9.17) is 16.0 Å². The summed E-state index contributed by atoms with van der Waals surface area (Å²) in [5, 5.41) is 0.639. The van der Waals surface area contributed by atoms with Gasteiger partial charge in [-0.2, -0.15) is 0 Å². The predicted octanol–water partition coefficient (Wildman–Crippen LogP) is 2.92. The first-order valence-corrected chi connectivity index (χ1v) is 7.44. The average Bonchev–Trinajstić information content (AvgIpc) is 3.17. The van der Waals surface area contributed by atoms with Gasteiger partial charge < -0.3 is 9.32 Å². The first-order chi connectivity index (χ1) is 10.2. The number of halogens is 1. The molecule has 108 valence electrons. The van der Waals surface area contributed by atoms with Crippen molar-refractivity contribution in [2.45, 2.75) is 25.0 Å². The lowest BCUT2D eigenvalue weighted by Gasteiger charge is -2.34. The zero-order valence-corrected chi connectivity index (χ0v) is 12.2. The number of anilines is 1. The monoisotopic (exact) mass is 302 g/mol. The average molecular weight is 303 g/mol. The van der Waals surface area contributed by atoms with E-state index in [0.717, 1.165) is 30.8 Å². The van der Waals surface area contributed by atoms with Crippen molar-refractivity contribution < 1.29 is 9.21 Å². The van der Waals surface area contributed by atoms with E-state index in [1.807, 2.05) is 35.2 Å². The molecule has 0 radical (unpaired) electrons. The second-order valence-corrected chi connectivity index (χ2v) is 6.03. The zero-order chi connectivity index (χ0) is 14.4. The highest BCUT2D eigenvalue weighted by molar-refractivity contribution is 6.34. The molecule has 0 saturated carbocycles. The number of piperazine rings is 1. The molecule has 4 nitrogen and oxygen atoms in total. The molecule has 4 rings (SSSR count). The number of furan rings is 1. The fourth-order valence-corrected chi connectivity index (χ4v) is 3.64. The molecule has 2 aliphatic heterocycles. The standard InChI is InChI=1S/C16H15ClN2O2/c17-13-3-1-2-4-14(13)19-12-7-15(16(19)20)18(9-12)8-11-5-6-21-10-11/h1-6,10,12,15H,7-9H2/t12-,15-/m0/s1. The maximum Gasteiger partial charge on any atom is 0.244 e. The van der Waals surface area contributed by atoms with Gasteiger partial charge >= 0.3 is 0 Å². The summed E-state index contributed by atoms with van der Waals surface area (Å²) in [6, 6.07) is 9.68. The molecule has 3 heterocycles. The van der Waals surface area contributed by atoms with Crippen molar-refractivity contribution >= 4 is 23.2 Å². The van der Waals surface area contributed by atoms with Crippen LogP contribution in [0.25, 0.3) is 0 Å². The van der Waals surface area contributed by atoms with Crippen molar-refractivity contribution in [2.75, 3.05) is 11.4 Å². The van der Waals surface area contributed by atoms with Crippen LogP contribution in [0.1, 0.15) is 12.0 Å². The number of amides is 1. The van der Waals surface area contributed by atoms with E-state index in [0.29, 0.717) is 5.02 Å². The van der Waals surface area contributed by atoms with Crippen molar-refractivity contribution in [3.8, 4) is 0 Å². The van der Waals surface area contributed by atoms with E-state index in [9.17, 15) is 4.79 Å². The molecule has 1 aromatic heterocycles. The summed E-state index contributed by atoms with van der Waals surface area (Å²) in [6.07, 6.45) is 4.28. The minimum Gasteiger partial charge on any atom is -0.472 e. The molecule has 5 heteroatoms. The Hall–Kier alpha value is -1.78. The van der Waals surface area contributed by atoms with Gasteiger partial charge in [0.25, 0.3) is 0 Å². The van der Waals surface area contributed by atoms with E-state index in [1.54, 1.807) is 12.5 Å². The minimum atomic E-state index is -0.0406. The van der Waals surface area contributed by atoms with Gasteiger partial charge in [-0.3, -0.25) is 9.69 Å². The van der Waals surface area contributed by atoms with Crippen LogP contribution in [-0.4, -0.2) is 29.4 Å². The molecule has 2 saturated heterocycles. The van der Waals surface area contributed by atoms with Crippen molar-refractivity contribution in [1.29, 1.82) is 0 Å². The summed E-state index contributed by atoms with van der Waals surface area (Å²) < 4.78 is 5.10. The lowest BCUT2D eigenvalue weighted by Crippen LogP contribution is -2.50. The molecule has 0 aliphatic carbocycles. The Morgan fingerprint density at radius 3 is 2.86 bits per heavy atom. The van der Waals surface area contributed by atoms with Gasteiger partial charge in [-0.25, -0.2) is 0 Å². The fourth-order valence-electron chi connectivity index (χ4n) is 3.42. The molecule has 2 bridgehead atoms. The van der Waals surface area contributed by atoms with E-state index in [1.165, 1.54) is 0 Å². The van der Waals surface area contributed by atoms with Crippen LogP contribution in [0, 0.1) is 0 Å². The molecule has 2 aliphatic rings. The van der Waals surface area contributed by atoms with Gasteiger partial charge in [-0.05, 0) is 24.6 Å². The van der Waals surface area contributed by atoms with Gasteiger partial charge in [0.05, 0.1) is 35.3 Å². The van der Waals surface area contributed by atoms with E-state index >= 15 is 0 Å². The molecule has 1 amide bonds. The summed E-state index contributed by atoms with van der Waals surface area (Å²) in [7, 11) is 0. The van der Waals surface area contributed by atoms with E-state index < -0.39 is 0 Å². The Morgan fingerprint density at radius 2 is 2.14 bits per heavy atom.